The number of nitrogens with zero attached hydrogens (tertiary/aromatic N) is 2. The molecule has 0 spiro atoms. The van der Waals surface area contributed by atoms with Crippen molar-refractivity contribution in [3.8, 4) is 0 Å². The number of hydrogen-bond donors (Lipinski definition) is 1. The Kier molecular flexibility index (Phi) is 2.74. The molecule has 1 aliphatic rings. The van der Waals surface area contributed by atoms with Crippen LogP contribution >= 0.6 is 0 Å². The second-order valence-corrected chi connectivity index (χ2v) is 4.15. The van der Waals surface area contributed by atoms with Gasteiger partial charge in [-0.1, -0.05) is 17.3 Å². The molecular weight excluding hydrogens is 240 g/mol. The van der Waals surface area contributed by atoms with E-state index in [4.69, 9.17) is 9.94 Å². The molecule has 0 amide bonds. The van der Waals surface area contributed by atoms with Gasteiger partial charge in [-0.05, 0) is 6.92 Å². The van der Waals surface area contributed by atoms with E-state index in [0.717, 1.165) is 0 Å². The minimum absolute atomic E-state index is 0.0703. The lowest BCUT2D eigenvalue weighted by Crippen LogP contribution is -2.35. The average Bonchev–Trinajstić information content (AvgIpc) is 2.73. The summed E-state index contributed by atoms with van der Waals surface area (Å²) in [6.07, 6.45) is 0.0729. The maximum absolute atomic E-state index is 11.0. The van der Waals surface area contributed by atoms with E-state index in [2.05, 4.69) is 5.16 Å². The lowest BCUT2D eigenvalue weighted by Gasteiger charge is -2.14. The van der Waals surface area contributed by atoms with E-state index in [-0.39, 0.29) is 12.1 Å². The third-order valence-electron chi connectivity index (χ3n) is 2.70. The first kappa shape index (κ1) is 12.0. The summed E-state index contributed by atoms with van der Waals surface area (Å²) in [6, 6.07) is 5.85. The third kappa shape index (κ3) is 2.02. The maximum atomic E-state index is 11.0. The van der Waals surface area contributed by atoms with Crippen LogP contribution in [0, 0.1) is 10.1 Å². The molecule has 0 radical (unpaired) electrons. The number of hydrogen-bond acceptors (Lipinski definition) is 5. The number of carbonyl (C=O) groups is 1. The Labute approximate surface area is 102 Å². The van der Waals surface area contributed by atoms with Crippen LogP contribution in [0.4, 0.5) is 5.69 Å². The molecule has 1 N–H and O–H groups in total. The summed E-state index contributed by atoms with van der Waals surface area (Å²) < 4.78 is 0. The molecule has 1 heterocycles. The molecule has 0 fully saturated rings. The summed E-state index contributed by atoms with van der Waals surface area (Å²) in [5.41, 5.74) is -0.586. The zero-order valence-electron chi connectivity index (χ0n) is 9.49. The number of carboxylic acids is 1. The average molecular weight is 250 g/mol. The minimum Gasteiger partial charge on any atom is -0.478 e. The predicted molar refractivity (Wildman–Crippen MR) is 61.4 cm³/mol. The number of benzene rings is 1. The van der Waals surface area contributed by atoms with Crippen molar-refractivity contribution in [3.05, 3.63) is 39.9 Å². The molecule has 1 aromatic carbocycles. The van der Waals surface area contributed by atoms with Gasteiger partial charge >= 0.3 is 5.97 Å². The topological polar surface area (TPSA) is 102 Å². The van der Waals surface area contributed by atoms with E-state index >= 15 is 0 Å². The van der Waals surface area contributed by atoms with Gasteiger partial charge in [0.25, 0.3) is 5.69 Å². The van der Waals surface area contributed by atoms with E-state index < -0.39 is 16.5 Å². The Morgan fingerprint density at radius 3 is 2.89 bits per heavy atom. The molecule has 0 aliphatic carbocycles. The summed E-state index contributed by atoms with van der Waals surface area (Å²) in [4.78, 5) is 26.0. The van der Waals surface area contributed by atoms with E-state index in [0.29, 0.717) is 11.3 Å². The van der Waals surface area contributed by atoms with Crippen molar-refractivity contribution in [1.29, 1.82) is 0 Å². The van der Waals surface area contributed by atoms with Gasteiger partial charge in [-0.2, -0.15) is 0 Å². The number of aliphatic carboxylic acids is 1. The van der Waals surface area contributed by atoms with Gasteiger partial charge in [0, 0.05) is 24.1 Å². The van der Waals surface area contributed by atoms with Gasteiger partial charge in [-0.3, -0.25) is 10.1 Å². The van der Waals surface area contributed by atoms with Crippen LogP contribution in [0.1, 0.15) is 18.9 Å². The number of nitro groups is 1. The fourth-order valence-corrected chi connectivity index (χ4v) is 1.61. The quantitative estimate of drug-likeness (QED) is 0.647. The van der Waals surface area contributed by atoms with Crippen molar-refractivity contribution >= 4 is 17.4 Å². The van der Waals surface area contributed by atoms with Gasteiger partial charge in [0.2, 0.25) is 5.60 Å². The van der Waals surface area contributed by atoms with E-state index in [1.165, 1.54) is 25.1 Å². The minimum atomic E-state index is -1.40. The first-order valence-corrected chi connectivity index (χ1v) is 5.16. The Balaban J connectivity index is 2.27. The molecule has 1 atom stereocenters. The van der Waals surface area contributed by atoms with Crippen molar-refractivity contribution in [1.82, 2.24) is 0 Å². The van der Waals surface area contributed by atoms with Crippen molar-refractivity contribution in [3.63, 3.8) is 0 Å². The van der Waals surface area contributed by atoms with Crippen LogP contribution in [-0.4, -0.2) is 27.3 Å². The molecule has 0 bridgehead atoms. The molecule has 2 rings (SSSR count). The number of carboxylic acid groups (broad SMARTS) is 1. The second kappa shape index (κ2) is 4.10. The Bertz CT molecular complexity index is 554. The maximum Gasteiger partial charge on any atom is 0.351 e. The fourth-order valence-electron chi connectivity index (χ4n) is 1.61. The summed E-state index contributed by atoms with van der Waals surface area (Å²) in [6.45, 7) is 1.41. The van der Waals surface area contributed by atoms with Gasteiger partial charge in [-0.15, -0.1) is 0 Å². The molecule has 0 saturated heterocycles. The molecule has 0 aromatic heterocycles. The highest BCUT2D eigenvalue weighted by Crippen LogP contribution is 2.27. The van der Waals surface area contributed by atoms with Crippen molar-refractivity contribution in [2.24, 2.45) is 5.16 Å². The third-order valence-corrected chi connectivity index (χ3v) is 2.70. The summed E-state index contributed by atoms with van der Waals surface area (Å²) in [5.74, 6) is -1.12. The number of nitro benzene ring substituents is 1. The Morgan fingerprint density at radius 2 is 2.33 bits per heavy atom. The van der Waals surface area contributed by atoms with Gasteiger partial charge in [0.15, 0.2) is 0 Å². The zero-order chi connectivity index (χ0) is 13.3. The summed E-state index contributed by atoms with van der Waals surface area (Å²) in [5, 5.41) is 23.3. The molecule has 0 unspecified atom stereocenters. The Morgan fingerprint density at radius 1 is 1.61 bits per heavy atom. The highest BCUT2D eigenvalue weighted by atomic mass is 16.7. The largest absolute Gasteiger partial charge is 0.478 e. The second-order valence-electron chi connectivity index (χ2n) is 4.15. The van der Waals surface area contributed by atoms with E-state index in [1.54, 1.807) is 6.07 Å². The monoisotopic (exact) mass is 250 g/mol. The molecular formula is C11H10N2O5. The normalized spacial score (nSPS) is 22.2. The molecule has 1 aliphatic heterocycles. The number of rotatable bonds is 3. The molecule has 7 heteroatoms. The zero-order valence-corrected chi connectivity index (χ0v) is 9.49. The lowest BCUT2D eigenvalue weighted by molar-refractivity contribution is -0.384. The standard InChI is InChI=1S/C11H10N2O5/c1-11(10(14)15)6-9(12-18-11)7-3-2-4-8(5-7)13(16)17/h2-5H,6H2,1H3,(H,14,15)/t11-/m0/s1. The Hall–Kier alpha value is -2.44. The van der Waals surface area contributed by atoms with Gasteiger partial charge in [0.1, 0.15) is 0 Å². The van der Waals surface area contributed by atoms with E-state index in [1.807, 2.05) is 0 Å². The summed E-state index contributed by atoms with van der Waals surface area (Å²) in [7, 11) is 0. The lowest BCUT2D eigenvalue weighted by atomic mass is 9.96. The molecule has 94 valence electrons. The van der Waals surface area contributed by atoms with Crippen LogP contribution in [0.3, 0.4) is 0 Å². The molecule has 7 nitrogen and oxygen atoms in total. The SMILES string of the molecule is C[C@@]1(C(=O)O)CC(c2cccc([N+](=O)[O-])c2)=NO1. The van der Waals surface area contributed by atoms with Crippen LogP contribution in [0.5, 0.6) is 0 Å². The van der Waals surface area contributed by atoms with Crippen LogP contribution in [0.15, 0.2) is 29.4 Å². The van der Waals surface area contributed by atoms with E-state index in [9.17, 15) is 14.9 Å². The molecule has 1 aromatic rings. The van der Waals surface area contributed by atoms with Crippen molar-refractivity contribution in [2.75, 3.05) is 0 Å². The van der Waals surface area contributed by atoms with Crippen LogP contribution in [-0.2, 0) is 9.63 Å². The number of non-ortho nitro benzene ring substituents is 1. The van der Waals surface area contributed by atoms with Gasteiger partial charge in [0.05, 0.1) is 10.6 Å². The van der Waals surface area contributed by atoms with Crippen molar-refractivity contribution in [2.45, 2.75) is 18.9 Å². The summed E-state index contributed by atoms with van der Waals surface area (Å²) >= 11 is 0. The van der Waals surface area contributed by atoms with Crippen LogP contribution in [0.2, 0.25) is 0 Å². The molecule has 0 saturated carbocycles. The van der Waals surface area contributed by atoms with Gasteiger partial charge in [-0.25, -0.2) is 4.79 Å². The fraction of sp³-hybridized carbons (Fsp3) is 0.273. The van der Waals surface area contributed by atoms with Crippen LogP contribution in [0.25, 0.3) is 0 Å². The predicted octanol–water partition coefficient (Wildman–Crippen LogP) is 1.56. The first-order valence-electron chi connectivity index (χ1n) is 5.16. The first-order chi connectivity index (χ1) is 8.42. The van der Waals surface area contributed by atoms with Crippen molar-refractivity contribution < 1.29 is 19.7 Å². The smallest absolute Gasteiger partial charge is 0.351 e. The van der Waals surface area contributed by atoms with Gasteiger partial charge < -0.3 is 9.94 Å². The highest BCUT2D eigenvalue weighted by Gasteiger charge is 2.42. The molecule has 18 heavy (non-hydrogen) atoms. The highest BCUT2D eigenvalue weighted by molar-refractivity contribution is 6.04. The van der Waals surface area contributed by atoms with Crippen LogP contribution < -0.4 is 0 Å². The number of oxime groups is 1.